The van der Waals surface area contributed by atoms with Crippen molar-refractivity contribution in [1.82, 2.24) is 5.32 Å². The Morgan fingerprint density at radius 2 is 2.20 bits per heavy atom. The van der Waals surface area contributed by atoms with Crippen LogP contribution in [0.1, 0.15) is 20.3 Å². The van der Waals surface area contributed by atoms with E-state index in [-0.39, 0.29) is 0 Å². The monoisotopic (exact) mass is 137 g/mol. The summed E-state index contributed by atoms with van der Waals surface area (Å²) in [5, 5.41) is 3.26. The molecule has 1 aliphatic rings. The molecule has 1 unspecified atom stereocenters. The van der Waals surface area contributed by atoms with Crippen molar-refractivity contribution in [3.8, 4) is 0 Å². The van der Waals surface area contributed by atoms with Crippen LogP contribution in [-0.4, -0.2) is 13.1 Å². The van der Waals surface area contributed by atoms with E-state index in [2.05, 4.69) is 31.3 Å². The van der Waals surface area contributed by atoms with Crippen molar-refractivity contribution in [2.24, 2.45) is 0 Å². The van der Waals surface area contributed by atoms with E-state index < -0.39 is 0 Å². The maximum absolute atomic E-state index is 3.26. The molecule has 0 amide bonds. The average Bonchev–Trinajstić information content (AvgIpc) is 1.88. The van der Waals surface area contributed by atoms with E-state index in [9.17, 15) is 0 Å². The minimum absolute atomic E-state index is 0.573. The lowest BCUT2D eigenvalue weighted by atomic mass is 9.97. The number of rotatable bonds is 1. The zero-order chi connectivity index (χ0) is 7.56. The highest BCUT2D eigenvalue weighted by Gasteiger charge is 2.09. The maximum Gasteiger partial charge on any atom is 0.0312 e. The van der Waals surface area contributed by atoms with E-state index in [4.69, 9.17) is 0 Å². The van der Waals surface area contributed by atoms with Crippen molar-refractivity contribution in [3.05, 3.63) is 23.3 Å². The van der Waals surface area contributed by atoms with Crippen molar-refractivity contribution >= 4 is 0 Å². The molecule has 0 spiro atoms. The third-order valence-corrected chi connectivity index (χ3v) is 2.03. The Hall–Kier alpha value is -0.560. The first kappa shape index (κ1) is 7.55. The number of hydrogen-bond acceptors (Lipinski definition) is 1. The minimum Gasteiger partial charge on any atom is -0.313 e. The van der Waals surface area contributed by atoms with Crippen LogP contribution in [-0.2, 0) is 0 Å². The van der Waals surface area contributed by atoms with Gasteiger partial charge in [-0.3, -0.25) is 0 Å². The van der Waals surface area contributed by atoms with Crippen LogP contribution in [0.2, 0.25) is 0 Å². The van der Waals surface area contributed by atoms with E-state index in [0.717, 1.165) is 6.42 Å². The Kier molecular flexibility index (Phi) is 2.28. The number of nitrogens with one attached hydrogen (secondary N) is 1. The summed E-state index contributed by atoms with van der Waals surface area (Å²) < 4.78 is 0. The van der Waals surface area contributed by atoms with Crippen LogP contribution in [0.25, 0.3) is 0 Å². The van der Waals surface area contributed by atoms with E-state index in [1.54, 1.807) is 0 Å². The molecule has 0 saturated heterocycles. The highest BCUT2D eigenvalue weighted by Crippen LogP contribution is 2.16. The summed E-state index contributed by atoms with van der Waals surface area (Å²) in [5.74, 6) is 0. The van der Waals surface area contributed by atoms with Gasteiger partial charge >= 0.3 is 0 Å². The summed E-state index contributed by atoms with van der Waals surface area (Å²) in [4.78, 5) is 0. The predicted octanol–water partition coefficient (Wildman–Crippen LogP) is 1.87. The summed E-state index contributed by atoms with van der Waals surface area (Å²) in [5.41, 5.74) is 2.84. The van der Waals surface area contributed by atoms with Crippen LogP contribution in [0.3, 0.4) is 0 Å². The lowest BCUT2D eigenvalue weighted by Gasteiger charge is -2.19. The normalized spacial score (nSPS) is 25.7. The zero-order valence-electron chi connectivity index (χ0n) is 6.94. The van der Waals surface area contributed by atoms with Gasteiger partial charge in [-0.2, -0.15) is 0 Å². The summed E-state index contributed by atoms with van der Waals surface area (Å²) in [6, 6.07) is 0.573. The van der Waals surface area contributed by atoms with E-state index >= 15 is 0 Å². The lowest BCUT2D eigenvalue weighted by Crippen LogP contribution is -2.27. The van der Waals surface area contributed by atoms with Gasteiger partial charge in [-0.05, 0) is 27.3 Å². The second-order valence-electron chi connectivity index (χ2n) is 2.91. The largest absolute Gasteiger partial charge is 0.313 e. The van der Waals surface area contributed by atoms with Crippen LogP contribution in [0.5, 0.6) is 0 Å². The maximum atomic E-state index is 3.26. The zero-order valence-corrected chi connectivity index (χ0v) is 6.94. The first-order chi connectivity index (χ1) is 4.74. The number of hydrogen-bond donors (Lipinski definition) is 1. The highest BCUT2D eigenvalue weighted by molar-refractivity contribution is 5.28. The summed E-state index contributed by atoms with van der Waals surface area (Å²) in [6.07, 6.45) is 5.66. The van der Waals surface area contributed by atoms with E-state index in [1.165, 1.54) is 11.1 Å². The van der Waals surface area contributed by atoms with Gasteiger partial charge in [-0.1, -0.05) is 23.3 Å². The number of likely N-dealkylation sites (N-methyl/N-ethyl adjacent to an activating group) is 1. The topological polar surface area (TPSA) is 12.0 Å². The molecule has 0 saturated carbocycles. The Labute approximate surface area is 62.8 Å². The molecule has 1 atom stereocenters. The van der Waals surface area contributed by atoms with Gasteiger partial charge in [0.05, 0.1) is 0 Å². The molecule has 0 radical (unpaired) electrons. The molecule has 1 nitrogen and oxygen atoms in total. The van der Waals surface area contributed by atoms with Gasteiger partial charge in [0.1, 0.15) is 0 Å². The predicted molar refractivity (Wildman–Crippen MR) is 45.0 cm³/mol. The quantitative estimate of drug-likeness (QED) is 0.581. The van der Waals surface area contributed by atoms with Gasteiger partial charge in [0.15, 0.2) is 0 Å². The number of allylic oxidation sites excluding steroid dienone is 2. The van der Waals surface area contributed by atoms with E-state index in [1.807, 2.05) is 7.05 Å². The first-order valence-electron chi connectivity index (χ1n) is 3.76. The van der Waals surface area contributed by atoms with Crippen LogP contribution in [0.15, 0.2) is 23.3 Å². The molecule has 1 aliphatic carbocycles. The molecule has 0 aromatic rings. The molecule has 56 valence electrons. The molecule has 0 heterocycles. The van der Waals surface area contributed by atoms with Gasteiger partial charge in [-0.25, -0.2) is 0 Å². The SMILES string of the molecule is CNC1CC=C(C)C=C1C. The molecule has 10 heavy (non-hydrogen) atoms. The minimum atomic E-state index is 0.573. The first-order valence-corrected chi connectivity index (χ1v) is 3.76. The fraction of sp³-hybridized carbons (Fsp3) is 0.556. The second-order valence-corrected chi connectivity index (χ2v) is 2.91. The van der Waals surface area contributed by atoms with Crippen molar-refractivity contribution in [2.45, 2.75) is 26.3 Å². The van der Waals surface area contributed by atoms with Crippen LogP contribution < -0.4 is 5.32 Å². The lowest BCUT2D eigenvalue weighted by molar-refractivity contribution is 0.635. The smallest absolute Gasteiger partial charge is 0.0312 e. The fourth-order valence-corrected chi connectivity index (χ4v) is 1.35. The van der Waals surface area contributed by atoms with Gasteiger partial charge < -0.3 is 5.32 Å². The molecular formula is C9H15N. The summed E-state index contributed by atoms with van der Waals surface area (Å²) in [7, 11) is 2.01. The molecule has 1 heteroatoms. The standard InChI is InChI=1S/C9H15N/c1-7-4-5-9(10-3)8(2)6-7/h4,6,9-10H,5H2,1-3H3. The van der Waals surface area contributed by atoms with E-state index in [0.29, 0.717) is 6.04 Å². The Morgan fingerprint density at radius 3 is 2.70 bits per heavy atom. The Morgan fingerprint density at radius 1 is 1.50 bits per heavy atom. The summed E-state index contributed by atoms with van der Waals surface area (Å²) >= 11 is 0. The summed E-state index contributed by atoms with van der Waals surface area (Å²) in [6.45, 7) is 4.33. The van der Waals surface area contributed by atoms with Crippen LogP contribution in [0, 0.1) is 0 Å². The highest BCUT2D eigenvalue weighted by atomic mass is 14.9. The van der Waals surface area contributed by atoms with Crippen molar-refractivity contribution in [3.63, 3.8) is 0 Å². The van der Waals surface area contributed by atoms with Crippen molar-refractivity contribution in [1.29, 1.82) is 0 Å². The third-order valence-electron chi connectivity index (χ3n) is 2.03. The molecule has 0 aromatic heterocycles. The fourth-order valence-electron chi connectivity index (χ4n) is 1.35. The molecule has 0 aromatic carbocycles. The Bertz CT molecular complexity index is 177. The second kappa shape index (κ2) is 3.02. The molecule has 0 fully saturated rings. The van der Waals surface area contributed by atoms with Crippen molar-refractivity contribution in [2.75, 3.05) is 7.05 Å². The van der Waals surface area contributed by atoms with Gasteiger partial charge in [0.25, 0.3) is 0 Å². The molecule has 0 bridgehead atoms. The van der Waals surface area contributed by atoms with Crippen LogP contribution in [0.4, 0.5) is 0 Å². The van der Waals surface area contributed by atoms with Gasteiger partial charge in [-0.15, -0.1) is 0 Å². The molecule has 1 N–H and O–H groups in total. The van der Waals surface area contributed by atoms with Crippen molar-refractivity contribution < 1.29 is 0 Å². The third kappa shape index (κ3) is 1.48. The van der Waals surface area contributed by atoms with Gasteiger partial charge in [0, 0.05) is 6.04 Å². The average molecular weight is 137 g/mol. The Balaban J connectivity index is 2.68. The van der Waals surface area contributed by atoms with Crippen LogP contribution >= 0.6 is 0 Å². The molecule has 0 aliphatic heterocycles. The molecular weight excluding hydrogens is 122 g/mol. The van der Waals surface area contributed by atoms with Gasteiger partial charge in [0.2, 0.25) is 0 Å². The molecule has 1 rings (SSSR count).